The Bertz CT molecular complexity index is 695. The first kappa shape index (κ1) is 18.5. The largest absolute Gasteiger partial charge is 0.497 e. The molecule has 0 aliphatic rings. The molecule has 2 aromatic carbocycles. The van der Waals surface area contributed by atoms with Gasteiger partial charge in [0.25, 0.3) is 5.91 Å². The van der Waals surface area contributed by atoms with Gasteiger partial charge in [-0.05, 0) is 42.3 Å². The van der Waals surface area contributed by atoms with Crippen LogP contribution in [0.15, 0.2) is 54.6 Å². The van der Waals surface area contributed by atoms with Gasteiger partial charge in [-0.15, -0.1) is 0 Å². The topological polar surface area (TPSA) is 64.6 Å². The maximum Gasteiger partial charge on any atom is 0.338 e. The smallest absolute Gasteiger partial charge is 0.338 e. The molecule has 5 nitrogen and oxygen atoms in total. The molecular weight excluding hydrogens is 318 g/mol. The lowest BCUT2D eigenvalue weighted by molar-refractivity contribution is 0.0431. The Kier molecular flexibility index (Phi) is 6.57. The van der Waals surface area contributed by atoms with Crippen LogP contribution in [-0.4, -0.2) is 31.6 Å². The molecule has 0 aliphatic carbocycles. The third kappa shape index (κ3) is 5.35. The third-order valence-electron chi connectivity index (χ3n) is 3.88. The van der Waals surface area contributed by atoms with Crippen molar-refractivity contribution in [2.24, 2.45) is 5.92 Å². The molecule has 1 N–H and O–H groups in total. The molecule has 1 amide bonds. The summed E-state index contributed by atoms with van der Waals surface area (Å²) in [5.74, 6) is 0.196. The van der Waals surface area contributed by atoms with Crippen LogP contribution in [0.1, 0.15) is 34.6 Å². The van der Waals surface area contributed by atoms with Crippen LogP contribution >= 0.6 is 0 Å². The van der Waals surface area contributed by atoms with Gasteiger partial charge >= 0.3 is 5.97 Å². The Morgan fingerprint density at radius 2 is 1.60 bits per heavy atom. The molecule has 0 heterocycles. The number of carbonyl (C=O) groups excluding carboxylic acids is 2. The number of benzene rings is 2. The summed E-state index contributed by atoms with van der Waals surface area (Å²) in [4.78, 5) is 24.4. The highest BCUT2D eigenvalue weighted by Crippen LogP contribution is 2.12. The number of nitrogens with one attached hydrogen (secondary N) is 1. The van der Waals surface area contributed by atoms with E-state index < -0.39 is 5.97 Å². The first-order valence-electron chi connectivity index (χ1n) is 8.18. The fraction of sp³-hybridized carbons (Fsp3) is 0.300. The second-order valence-corrected chi connectivity index (χ2v) is 6.02. The number of ether oxygens (including phenoxy) is 2. The average Bonchev–Trinajstić information content (AvgIpc) is 2.65. The molecule has 5 heteroatoms. The lowest BCUT2D eigenvalue weighted by Gasteiger charge is -2.22. The van der Waals surface area contributed by atoms with Gasteiger partial charge in [-0.25, -0.2) is 4.79 Å². The summed E-state index contributed by atoms with van der Waals surface area (Å²) < 4.78 is 10.4. The van der Waals surface area contributed by atoms with E-state index in [2.05, 4.69) is 5.32 Å². The van der Waals surface area contributed by atoms with Crippen LogP contribution in [0.2, 0.25) is 0 Å². The first-order valence-corrected chi connectivity index (χ1v) is 8.18. The van der Waals surface area contributed by atoms with Crippen molar-refractivity contribution in [1.82, 2.24) is 5.32 Å². The van der Waals surface area contributed by atoms with E-state index in [1.165, 1.54) is 0 Å². The number of esters is 1. The molecule has 25 heavy (non-hydrogen) atoms. The van der Waals surface area contributed by atoms with Gasteiger partial charge in [0.2, 0.25) is 0 Å². The summed E-state index contributed by atoms with van der Waals surface area (Å²) >= 11 is 0. The van der Waals surface area contributed by atoms with Crippen LogP contribution in [0.5, 0.6) is 5.75 Å². The molecular formula is C20H23NO4. The molecule has 0 aliphatic heterocycles. The van der Waals surface area contributed by atoms with Crippen molar-refractivity contribution in [3.63, 3.8) is 0 Å². The van der Waals surface area contributed by atoms with Crippen molar-refractivity contribution < 1.29 is 19.1 Å². The zero-order valence-corrected chi connectivity index (χ0v) is 14.7. The fourth-order valence-electron chi connectivity index (χ4n) is 2.22. The number of amides is 1. The predicted molar refractivity (Wildman–Crippen MR) is 95.8 cm³/mol. The molecule has 132 valence electrons. The Labute approximate surface area is 148 Å². The normalized spacial score (nSPS) is 11.7. The van der Waals surface area contributed by atoms with Crippen LogP contribution in [-0.2, 0) is 4.74 Å². The highest BCUT2D eigenvalue weighted by molar-refractivity contribution is 5.94. The minimum atomic E-state index is -0.398. The van der Waals surface area contributed by atoms with Gasteiger partial charge in [-0.3, -0.25) is 4.79 Å². The van der Waals surface area contributed by atoms with Crippen LogP contribution < -0.4 is 10.1 Å². The fourth-order valence-corrected chi connectivity index (χ4v) is 2.22. The molecule has 0 bridgehead atoms. The Balaban J connectivity index is 1.95. The number of carbonyl (C=O) groups is 2. The molecule has 0 unspecified atom stereocenters. The van der Waals surface area contributed by atoms with Crippen LogP contribution in [0.25, 0.3) is 0 Å². The number of rotatable bonds is 7. The van der Waals surface area contributed by atoms with E-state index in [0.717, 1.165) is 0 Å². The van der Waals surface area contributed by atoms with Crippen LogP contribution in [0, 0.1) is 5.92 Å². The van der Waals surface area contributed by atoms with Gasteiger partial charge in [0.05, 0.1) is 18.7 Å². The maximum atomic E-state index is 12.4. The van der Waals surface area contributed by atoms with E-state index in [4.69, 9.17) is 9.47 Å². The molecule has 0 spiro atoms. The molecule has 0 saturated heterocycles. The van der Waals surface area contributed by atoms with Gasteiger partial charge in [0.1, 0.15) is 12.4 Å². The summed E-state index contributed by atoms with van der Waals surface area (Å²) in [5.41, 5.74) is 1.02. The van der Waals surface area contributed by atoms with E-state index in [-0.39, 0.29) is 24.5 Å². The Hall–Kier alpha value is -2.82. The summed E-state index contributed by atoms with van der Waals surface area (Å²) in [6.45, 7) is 4.05. The van der Waals surface area contributed by atoms with Crippen molar-refractivity contribution in [1.29, 1.82) is 0 Å². The lowest BCUT2D eigenvalue weighted by Crippen LogP contribution is -2.42. The van der Waals surface area contributed by atoms with Gasteiger partial charge < -0.3 is 14.8 Å². The number of hydrogen-bond acceptors (Lipinski definition) is 4. The Morgan fingerprint density at radius 3 is 2.16 bits per heavy atom. The molecule has 0 aromatic heterocycles. The molecule has 2 aromatic rings. The van der Waals surface area contributed by atoms with Crippen LogP contribution in [0.3, 0.4) is 0 Å². The zero-order chi connectivity index (χ0) is 18.2. The first-order chi connectivity index (χ1) is 12.0. The SMILES string of the molecule is COc1ccc(C(=O)N[C@H](COC(=O)c2ccccc2)C(C)C)cc1. The molecule has 1 atom stereocenters. The van der Waals surface area contributed by atoms with E-state index in [0.29, 0.717) is 16.9 Å². The summed E-state index contributed by atoms with van der Waals surface area (Å²) in [6, 6.07) is 15.4. The zero-order valence-electron chi connectivity index (χ0n) is 14.7. The molecule has 0 saturated carbocycles. The highest BCUT2D eigenvalue weighted by Gasteiger charge is 2.19. The van der Waals surface area contributed by atoms with E-state index in [9.17, 15) is 9.59 Å². The van der Waals surface area contributed by atoms with Crippen LogP contribution in [0.4, 0.5) is 0 Å². The van der Waals surface area contributed by atoms with E-state index >= 15 is 0 Å². The van der Waals surface area contributed by atoms with Crippen molar-refractivity contribution >= 4 is 11.9 Å². The second kappa shape index (κ2) is 8.87. The van der Waals surface area contributed by atoms with Gasteiger partial charge in [-0.2, -0.15) is 0 Å². The van der Waals surface area contributed by atoms with Gasteiger partial charge in [-0.1, -0.05) is 32.0 Å². The van der Waals surface area contributed by atoms with Gasteiger partial charge in [0, 0.05) is 5.56 Å². The van der Waals surface area contributed by atoms with Crippen molar-refractivity contribution in [2.75, 3.05) is 13.7 Å². The van der Waals surface area contributed by atoms with E-state index in [1.807, 2.05) is 19.9 Å². The monoisotopic (exact) mass is 341 g/mol. The van der Waals surface area contributed by atoms with Gasteiger partial charge in [0.15, 0.2) is 0 Å². The summed E-state index contributed by atoms with van der Waals surface area (Å²) in [6.07, 6.45) is 0. The summed E-state index contributed by atoms with van der Waals surface area (Å²) in [5, 5.41) is 2.92. The van der Waals surface area contributed by atoms with E-state index in [1.54, 1.807) is 55.6 Å². The Morgan fingerprint density at radius 1 is 0.960 bits per heavy atom. The molecule has 0 radical (unpaired) electrons. The minimum Gasteiger partial charge on any atom is -0.497 e. The lowest BCUT2D eigenvalue weighted by atomic mass is 10.0. The maximum absolute atomic E-state index is 12.4. The van der Waals surface area contributed by atoms with Crippen molar-refractivity contribution in [2.45, 2.75) is 19.9 Å². The minimum absolute atomic E-state index is 0.116. The predicted octanol–water partition coefficient (Wildman–Crippen LogP) is 3.31. The van der Waals surface area contributed by atoms with Crippen molar-refractivity contribution in [3.8, 4) is 5.75 Å². The average molecular weight is 341 g/mol. The molecule has 0 fully saturated rings. The standard InChI is InChI=1S/C20H23NO4/c1-14(2)18(13-25-20(23)16-7-5-4-6-8-16)21-19(22)15-9-11-17(24-3)12-10-15/h4-12,14,18H,13H2,1-3H3,(H,21,22)/t18-/m1/s1. The quantitative estimate of drug-likeness (QED) is 0.785. The van der Waals surface area contributed by atoms with Crippen molar-refractivity contribution in [3.05, 3.63) is 65.7 Å². The second-order valence-electron chi connectivity index (χ2n) is 6.02. The highest BCUT2D eigenvalue weighted by atomic mass is 16.5. The molecule has 2 rings (SSSR count). The number of hydrogen-bond donors (Lipinski definition) is 1. The summed E-state index contributed by atoms with van der Waals surface area (Å²) in [7, 11) is 1.57. The third-order valence-corrected chi connectivity index (χ3v) is 3.88. The number of methoxy groups -OCH3 is 1.